The highest BCUT2D eigenvalue weighted by atomic mass is 35.5. The summed E-state index contributed by atoms with van der Waals surface area (Å²) in [6, 6.07) is 13.1. The minimum atomic E-state index is -0.507. The smallest absolute Gasteiger partial charge is 0.343 e. The molecule has 0 aliphatic heterocycles. The predicted octanol–water partition coefficient (Wildman–Crippen LogP) is 6.05. The molecule has 2 aromatic rings. The summed E-state index contributed by atoms with van der Waals surface area (Å²) < 4.78 is 5.37. The molecule has 8 heteroatoms. The summed E-state index contributed by atoms with van der Waals surface area (Å²) in [5.74, 6) is -0.717. The first-order valence-corrected chi connectivity index (χ1v) is 13.0. The van der Waals surface area contributed by atoms with Gasteiger partial charge in [0, 0.05) is 11.4 Å². The van der Waals surface area contributed by atoms with Crippen LogP contribution >= 0.6 is 11.6 Å². The molecule has 0 saturated carbocycles. The molecule has 0 aromatic heterocycles. The normalized spacial score (nSPS) is 10.8. The van der Waals surface area contributed by atoms with Crippen LogP contribution in [0.25, 0.3) is 0 Å². The molecular formula is C28H36ClN3O4. The molecule has 2 rings (SSSR count). The quantitative estimate of drug-likeness (QED) is 0.0938. The monoisotopic (exact) mass is 513 g/mol. The summed E-state index contributed by atoms with van der Waals surface area (Å²) in [7, 11) is 0. The molecule has 0 unspecified atom stereocenters. The van der Waals surface area contributed by atoms with E-state index in [1.165, 1.54) is 44.7 Å². The molecule has 2 N–H and O–H groups in total. The number of hydrogen-bond donors (Lipinski definition) is 2. The van der Waals surface area contributed by atoms with Gasteiger partial charge in [0.25, 0.3) is 5.91 Å². The fraction of sp³-hybridized carbons (Fsp3) is 0.429. The molecule has 0 radical (unpaired) electrons. The number of esters is 1. The van der Waals surface area contributed by atoms with Crippen molar-refractivity contribution in [2.45, 2.75) is 71.1 Å². The lowest BCUT2D eigenvalue weighted by atomic mass is 10.1. The Hall–Kier alpha value is -3.19. The van der Waals surface area contributed by atoms with Gasteiger partial charge in [-0.3, -0.25) is 9.59 Å². The maximum absolute atomic E-state index is 12.2. The first kappa shape index (κ1) is 29.0. The van der Waals surface area contributed by atoms with Gasteiger partial charge >= 0.3 is 5.97 Å². The Balaban J connectivity index is 1.62. The number of hydrazone groups is 1. The number of nitrogens with zero attached hydrogens (tertiary/aromatic N) is 1. The summed E-state index contributed by atoms with van der Waals surface area (Å²) in [5.41, 5.74) is 3.39. The SMILES string of the molecule is CCCCCCCCCCCC(=O)NCC(=O)NN=Cc1cccc(OC(=O)c2ccc(Cl)cc2)c1. The zero-order valence-electron chi connectivity index (χ0n) is 20.9. The van der Waals surface area contributed by atoms with E-state index in [0.29, 0.717) is 28.3 Å². The van der Waals surface area contributed by atoms with Crippen molar-refractivity contribution in [3.63, 3.8) is 0 Å². The van der Waals surface area contributed by atoms with Crippen LogP contribution in [-0.2, 0) is 9.59 Å². The van der Waals surface area contributed by atoms with E-state index in [-0.39, 0.29) is 12.5 Å². The third-order valence-corrected chi connectivity index (χ3v) is 5.76. The third-order valence-electron chi connectivity index (χ3n) is 5.50. The molecule has 0 atom stereocenters. The zero-order valence-corrected chi connectivity index (χ0v) is 21.7. The Bertz CT molecular complexity index is 993. The fourth-order valence-corrected chi connectivity index (χ4v) is 3.62. The molecule has 0 saturated heterocycles. The number of ether oxygens (including phenoxy) is 1. The van der Waals surface area contributed by atoms with Gasteiger partial charge in [-0.15, -0.1) is 0 Å². The van der Waals surface area contributed by atoms with E-state index in [4.69, 9.17) is 16.3 Å². The summed E-state index contributed by atoms with van der Waals surface area (Å²) >= 11 is 5.84. The first-order chi connectivity index (χ1) is 17.5. The van der Waals surface area contributed by atoms with Crippen LogP contribution in [-0.4, -0.2) is 30.5 Å². The highest BCUT2D eigenvalue weighted by molar-refractivity contribution is 6.30. The number of carbonyl (C=O) groups is 3. The molecule has 0 fully saturated rings. The third kappa shape index (κ3) is 12.5. The van der Waals surface area contributed by atoms with Crippen molar-refractivity contribution in [1.29, 1.82) is 0 Å². The molecule has 0 aliphatic carbocycles. The van der Waals surface area contributed by atoms with Crippen molar-refractivity contribution in [3.05, 3.63) is 64.7 Å². The lowest BCUT2D eigenvalue weighted by Crippen LogP contribution is -2.34. The second-order valence-electron chi connectivity index (χ2n) is 8.62. The van der Waals surface area contributed by atoms with Gasteiger partial charge in [0.1, 0.15) is 5.75 Å². The van der Waals surface area contributed by atoms with E-state index in [9.17, 15) is 14.4 Å². The van der Waals surface area contributed by atoms with E-state index >= 15 is 0 Å². The van der Waals surface area contributed by atoms with E-state index in [0.717, 1.165) is 19.3 Å². The summed E-state index contributed by atoms with van der Waals surface area (Å²) in [4.78, 5) is 36.1. The standard InChI is InChI=1S/C28H36ClN3O4/c1-2-3-4-5-6-7-8-9-10-14-26(33)30-21-27(34)32-31-20-22-12-11-13-25(19-22)36-28(35)23-15-17-24(29)18-16-23/h11-13,15-20H,2-10,14,21H2,1H3,(H,30,33)(H,32,34). The molecule has 0 aliphatic rings. The molecule has 36 heavy (non-hydrogen) atoms. The maximum atomic E-state index is 12.2. The van der Waals surface area contributed by atoms with Gasteiger partial charge in [-0.2, -0.15) is 5.10 Å². The van der Waals surface area contributed by atoms with Crippen LogP contribution in [0.2, 0.25) is 5.02 Å². The number of amides is 2. The predicted molar refractivity (Wildman–Crippen MR) is 143 cm³/mol. The Morgan fingerprint density at radius 3 is 2.25 bits per heavy atom. The summed E-state index contributed by atoms with van der Waals surface area (Å²) in [6.45, 7) is 2.08. The highest BCUT2D eigenvalue weighted by Crippen LogP contribution is 2.16. The van der Waals surface area contributed by atoms with Crippen LogP contribution in [0.3, 0.4) is 0 Å². The summed E-state index contributed by atoms with van der Waals surface area (Å²) in [5, 5.41) is 7.05. The molecule has 2 amide bonds. The Morgan fingerprint density at radius 1 is 0.889 bits per heavy atom. The van der Waals surface area contributed by atoms with Gasteiger partial charge in [-0.25, -0.2) is 10.2 Å². The van der Waals surface area contributed by atoms with E-state index in [1.807, 2.05) is 0 Å². The van der Waals surface area contributed by atoms with Crippen molar-refractivity contribution < 1.29 is 19.1 Å². The van der Waals surface area contributed by atoms with Crippen molar-refractivity contribution in [1.82, 2.24) is 10.7 Å². The largest absolute Gasteiger partial charge is 0.423 e. The van der Waals surface area contributed by atoms with E-state index < -0.39 is 11.9 Å². The van der Waals surface area contributed by atoms with Crippen LogP contribution in [0.15, 0.2) is 53.6 Å². The maximum Gasteiger partial charge on any atom is 0.343 e. The lowest BCUT2D eigenvalue weighted by Gasteiger charge is -2.06. The number of nitrogens with one attached hydrogen (secondary N) is 2. The lowest BCUT2D eigenvalue weighted by molar-refractivity contribution is -0.126. The number of halogens is 1. The summed E-state index contributed by atoms with van der Waals surface area (Å²) in [6.07, 6.45) is 12.6. The Kier molecular flexibility index (Phi) is 13.9. The first-order valence-electron chi connectivity index (χ1n) is 12.6. The number of hydrogen-bond acceptors (Lipinski definition) is 5. The van der Waals surface area contributed by atoms with Crippen molar-refractivity contribution in [2.24, 2.45) is 5.10 Å². The molecular weight excluding hydrogens is 478 g/mol. The van der Waals surface area contributed by atoms with Gasteiger partial charge < -0.3 is 10.1 Å². The Morgan fingerprint density at radius 2 is 1.56 bits per heavy atom. The van der Waals surface area contributed by atoms with Crippen molar-refractivity contribution in [3.8, 4) is 5.75 Å². The number of unbranched alkanes of at least 4 members (excludes halogenated alkanes) is 8. The molecule has 7 nitrogen and oxygen atoms in total. The van der Waals surface area contributed by atoms with Crippen molar-refractivity contribution >= 4 is 35.6 Å². The minimum Gasteiger partial charge on any atom is -0.423 e. The molecule has 0 heterocycles. The second kappa shape index (κ2) is 17.3. The molecule has 2 aromatic carbocycles. The number of rotatable bonds is 16. The van der Waals surface area contributed by atoms with Crippen molar-refractivity contribution in [2.75, 3.05) is 6.54 Å². The average molecular weight is 514 g/mol. The molecule has 194 valence electrons. The van der Waals surface area contributed by atoms with Gasteiger partial charge in [0.15, 0.2) is 0 Å². The van der Waals surface area contributed by atoms with Gasteiger partial charge in [0.05, 0.1) is 18.3 Å². The molecule has 0 spiro atoms. The van der Waals surface area contributed by atoms with Crippen LogP contribution in [0.1, 0.15) is 87.1 Å². The highest BCUT2D eigenvalue weighted by Gasteiger charge is 2.09. The topological polar surface area (TPSA) is 96.9 Å². The second-order valence-corrected chi connectivity index (χ2v) is 9.05. The average Bonchev–Trinajstić information content (AvgIpc) is 2.87. The molecule has 0 bridgehead atoms. The van der Waals surface area contributed by atoms with Crippen LogP contribution in [0.4, 0.5) is 0 Å². The van der Waals surface area contributed by atoms with Gasteiger partial charge in [-0.1, -0.05) is 82.0 Å². The Labute approximate surface area is 218 Å². The van der Waals surface area contributed by atoms with Crippen LogP contribution in [0.5, 0.6) is 5.75 Å². The zero-order chi connectivity index (χ0) is 26.0. The fourth-order valence-electron chi connectivity index (χ4n) is 3.49. The van der Waals surface area contributed by atoms with E-state index in [2.05, 4.69) is 22.8 Å². The van der Waals surface area contributed by atoms with Gasteiger partial charge in [-0.05, 0) is 48.4 Å². The number of benzene rings is 2. The van der Waals surface area contributed by atoms with E-state index in [1.54, 1.807) is 48.5 Å². The minimum absolute atomic E-state index is 0.132. The van der Waals surface area contributed by atoms with Gasteiger partial charge in [0.2, 0.25) is 5.91 Å². The van der Waals surface area contributed by atoms with Crippen LogP contribution < -0.4 is 15.5 Å². The van der Waals surface area contributed by atoms with Crippen LogP contribution in [0, 0.1) is 0 Å². The number of carbonyl (C=O) groups excluding carboxylic acids is 3.